The molecular weight excluding hydrogens is 327 g/mol. The van der Waals surface area contributed by atoms with Crippen LogP contribution in [0.2, 0.25) is 5.02 Å². The molecule has 0 aliphatic carbocycles. The van der Waals surface area contributed by atoms with E-state index in [9.17, 15) is 12.8 Å². The van der Waals surface area contributed by atoms with Gasteiger partial charge in [-0.05, 0) is 24.3 Å². The smallest absolute Gasteiger partial charge is 0.207 e. The molecule has 0 aliphatic heterocycles. The van der Waals surface area contributed by atoms with Gasteiger partial charge in [0.05, 0.1) is 10.5 Å². The summed E-state index contributed by atoms with van der Waals surface area (Å²) in [5.41, 5.74) is 0.124. The summed E-state index contributed by atoms with van der Waals surface area (Å²) < 4.78 is 39.9. The zero-order valence-electron chi connectivity index (χ0n) is 11.6. The molecule has 0 heterocycles. The van der Waals surface area contributed by atoms with E-state index in [0.717, 1.165) is 4.31 Å². The highest BCUT2D eigenvalue weighted by Crippen LogP contribution is 2.24. The van der Waals surface area contributed by atoms with Gasteiger partial charge in [-0.1, -0.05) is 29.8 Å². The van der Waals surface area contributed by atoms with Gasteiger partial charge in [-0.3, -0.25) is 0 Å². The molecule has 0 spiro atoms. The van der Waals surface area contributed by atoms with Crippen molar-refractivity contribution in [2.75, 3.05) is 7.05 Å². The molecule has 0 unspecified atom stereocenters. The van der Waals surface area contributed by atoms with Crippen LogP contribution in [0.4, 0.5) is 4.39 Å². The molecule has 2 aromatic carbocycles. The summed E-state index contributed by atoms with van der Waals surface area (Å²) in [5, 5.41) is 9.18. The van der Waals surface area contributed by atoms with Gasteiger partial charge >= 0.3 is 0 Å². The minimum atomic E-state index is -3.93. The molecule has 114 valence electrons. The Bertz CT molecular complexity index is 827. The summed E-state index contributed by atoms with van der Waals surface area (Å²) >= 11 is 5.91. The summed E-state index contributed by atoms with van der Waals surface area (Å²) in [6.07, 6.45) is 0. The molecule has 0 aliphatic rings. The lowest BCUT2D eigenvalue weighted by Gasteiger charge is -2.19. The van der Waals surface area contributed by atoms with Crippen molar-refractivity contribution in [3.8, 4) is 6.07 Å². The zero-order valence-corrected chi connectivity index (χ0v) is 13.2. The molecule has 0 fully saturated rings. The molecular formula is C15H12ClFN2O2S. The largest absolute Gasteiger partial charge is 0.244 e. The number of nitriles is 1. The quantitative estimate of drug-likeness (QED) is 0.860. The molecule has 4 nitrogen and oxygen atoms in total. The molecule has 22 heavy (non-hydrogen) atoms. The van der Waals surface area contributed by atoms with Crippen LogP contribution >= 0.6 is 11.6 Å². The lowest BCUT2D eigenvalue weighted by molar-refractivity contribution is 0.456. The standard InChI is InChI=1S/C15H12ClFN2O2S/c1-19(10-12-13(16)6-4-7-14(12)17)22(20,21)15-8-3-2-5-11(15)9-18/h2-8H,10H2,1H3. The molecule has 0 bridgehead atoms. The fourth-order valence-corrected chi connectivity index (χ4v) is 3.44. The Labute approximate surface area is 133 Å². The third kappa shape index (κ3) is 3.12. The predicted octanol–water partition coefficient (Wildman–Crippen LogP) is 3.17. The van der Waals surface area contributed by atoms with E-state index in [1.807, 2.05) is 6.07 Å². The molecule has 0 atom stereocenters. The number of sulfonamides is 1. The Morgan fingerprint density at radius 1 is 1.23 bits per heavy atom. The zero-order chi connectivity index (χ0) is 16.3. The SMILES string of the molecule is CN(Cc1c(F)cccc1Cl)S(=O)(=O)c1ccccc1C#N. The number of benzene rings is 2. The molecule has 0 saturated heterocycles. The van der Waals surface area contributed by atoms with Crippen molar-refractivity contribution in [1.82, 2.24) is 4.31 Å². The van der Waals surface area contributed by atoms with Crippen LogP contribution in [0.5, 0.6) is 0 Å². The van der Waals surface area contributed by atoms with Crippen molar-refractivity contribution in [3.05, 3.63) is 64.4 Å². The van der Waals surface area contributed by atoms with Crippen LogP contribution in [0.1, 0.15) is 11.1 Å². The van der Waals surface area contributed by atoms with Gasteiger partial charge < -0.3 is 0 Å². The number of halogens is 2. The molecule has 2 rings (SSSR count). The fourth-order valence-electron chi connectivity index (χ4n) is 1.94. The van der Waals surface area contributed by atoms with Crippen LogP contribution in [0.3, 0.4) is 0 Å². The predicted molar refractivity (Wildman–Crippen MR) is 81.2 cm³/mol. The van der Waals surface area contributed by atoms with Crippen molar-refractivity contribution in [2.45, 2.75) is 11.4 Å². The van der Waals surface area contributed by atoms with E-state index in [1.165, 1.54) is 43.4 Å². The number of rotatable bonds is 4. The molecule has 0 saturated carbocycles. The topological polar surface area (TPSA) is 61.2 Å². The van der Waals surface area contributed by atoms with Crippen LogP contribution in [0.15, 0.2) is 47.4 Å². The van der Waals surface area contributed by atoms with E-state index in [4.69, 9.17) is 16.9 Å². The van der Waals surface area contributed by atoms with Crippen molar-refractivity contribution in [1.29, 1.82) is 5.26 Å². The summed E-state index contributed by atoms with van der Waals surface area (Å²) in [7, 11) is -2.62. The van der Waals surface area contributed by atoms with E-state index in [-0.39, 0.29) is 27.6 Å². The van der Waals surface area contributed by atoms with E-state index in [0.29, 0.717) is 0 Å². The third-order valence-corrected chi connectivity index (χ3v) is 5.35. The van der Waals surface area contributed by atoms with Gasteiger partial charge in [-0.25, -0.2) is 12.8 Å². The van der Waals surface area contributed by atoms with Crippen LogP contribution in [0, 0.1) is 17.1 Å². The minimum absolute atomic E-state index is 0.0361. The lowest BCUT2D eigenvalue weighted by Crippen LogP contribution is -2.27. The Morgan fingerprint density at radius 3 is 2.55 bits per heavy atom. The van der Waals surface area contributed by atoms with E-state index in [2.05, 4.69) is 0 Å². The summed E-state index contributed by atoms with van der Waals surface area (Å²) in [5.74, 6) is -0.580. The molecule has 0 radical (unpaired) electrons. The monoisotopic (exact) mass is 338 g/mol. The number of nitrogens with zero attached hydrogens (tertiary/aromatic N) is 2. The second-order valence-electron chi connectivity index (χ2n) is 4.57. The van der Waals surface area contributed by atoms with Gasteiger partial charge in [0.2, 0.25) is 10.0 Å². The highest BCUT2D eigenvalue weighted by atomic mass is 35.5. The first-order valence-corrected chi connectivity index (χ1v) is 8.08. The average molecular weight is 339 g/mol. The van der Waals surface area contributed by atoms with Crippen molar-refractivity contribution < 1.29 is 12.8 Å². The highest BCUT2D eigenvalue weighted by Gasteiger charge is 2.25. The minimum Gasteiger partial charge on any atom is -0.207 e. The Kier molecular flexibility index (Phi) is 4.81. The summed E-state index contributed by atoms with van der Waals surface area (Å²) in [6.45, 7) is -0.229. The molecule has 0 aromatic heterocycles. The second-order valence-corrected chi connectivity index (χ2v) is 6.99. The average Bonchev–Trinajstić information content (AvgIpc) is 2.50. The van der Waals surface area contributed by atoms with Crippen LogP contribution in [-0.2, 0) is 16.6 Å². The molecule has 7 heteroatoms. The van der Waals surface area contributed by atoms with Gasteiger partial charge in [0, 0.05) is 24.2 Å². The Balaban J connectivity index is 2.40. The normalized spacial score (nSPS) is 11.4. The molecule has 0 N–H and O–H groups in total. The van der Waals surface area contributed by atoms with Crippen LogP contribution in [0.25, 0.3) is 0 Å². The van der Waals surface area contributed by atoms with Gasteiger partial charge in [0.25, 0.3) is 0 Å². The maximum Gasteiger partial charge on any atom is 0.244 e. The van der Waals surface area contributed by atoms with Crippen LogP contribution < -0.4 is 0 Å². The van der Waals surface area contributed by atoms with Crippen molar-refractivity contribution in [3.63, 3.8) is 0 Å². The summed E-state index contributed by atoms with van der Waals surface area (Å²) in [6, 6.07) is 11.8. The first-order valence-electron chi connectivity index (χ1n) is 6.26. The van der Waals surface area contributed by atoms with Gasteiger partial charge in [0.15, 0.2) is 0 Å². The Hall–Kier alpha value is -1.94. The lowest BCUT2D eigenvalue weighted by atomic mass is 10.2. The highest BCUT2D eigenvalue weighted by molar-refractivity contribution is 7.89. The fraction of sp³-hybridized carbons (Fsp3) is 0.133. The maximum atomic E-state index is 13.8. The number of hydrogen-bond acceptors (Lipinski definition) is 3. The van der Waals surface area contributed by atoms with E-state index in [1.54, 1.807) is 6.07 Å². The van der Waals surface area contributed by atoms with E-state index >= 15 is 0 Å². The first-order chi connectivity index (χ1) is 10.4. The molecule has 2 aromatic rings. The van der Waals surface area contributed by atoms with Crippen LogP contribution in [-0.4, -0.2) is 19.8 Å². The summed E-state index contributed by atoms with van der Waals surface area (Å²) in [4.78, 5) is -0.118. The van der Waals surface area contributed by atoms with Gasteiger partial charge in [-0.2, -0.15) is 9.57 Å². The Morgan fingerprint density at radius 2 is 1.91 bits per heavy atom. The third-order valence-electron chi connectivity index (χ3n) is 3.14. The van der Waals surface area contributed by atoms with Gasteiger partial charge in [-0.15, -0.1) is 0 Å². The van der Waals surface area contributed by atoms with Gasteiger partial charge in [0.1, 0.15) is 11.9 Å². The number of hydrogen-bond donors (Lipinski definition) is 0. The van der Waals surface area contributed by atoms with Crippen molar-refractivity contribution >= 4 is 21.6 Å². The first kappa shape index (κ1) is 16.4. The van der Waals surface area contributed by atoms with Crippen molar-refractivity contribution in [2.24, 2.45) is 0 Å². The molecule has 0 amide bonds. The maximum absolute atomic E-state index is 13.8. The second kappa shape index (κ2) is 6.44. The van der Waals surface area contributed by atoms with E-state index < -0.39 is 15.8 Å².